The highest BCUT2D eigenvalue weighted by atomic mass is 16.5. The predicted octanol–water partition coefficient (Wildman–Crippen LogP) is 3.14. The molecule has 0 aromatic carbocycles. The fourth-order valence-corrected chi connectivity index (χ4v) is 1.56. The summed E-state index contributed by atoms with van der Waals surface area (Å²) in [5.74, 6) is -0.940. The number of carboxylic acids is 1. The molecule has 0 aliphatic heterocycles. The van der Waals surface area contributed by atoms with Gasteiger partial charge in [0.15, 0.2) is 0 Å². The number of aliphatic carboxylic acids is 1. The molecule has 0 amide bonds. The van der Waals surface area contributed by atoms with Crippen LogP contribution < -0.4 is 0 Å². The fourth-order valence-electron chi connectivity index (χ4n) is 1.56. The maximum absolute atomic E-state index is 11.4. The van der Waals surface area contributed by atoms with Crippen molar-refractivity contribution in [3.8, 4) is 0 Å². The number of esters is 1. The van der Waals surface area contributed by atoms with E-state index in [-0.39, 0.29) is 18.5 Å². The van der Waals surface area contributed by atoms with Crippen LogP contribution in [-0.4, -0.2) is 23.1 Å². The van der Waals surface area contributed by atoms with Crippen molar-refractivity contribution in [2.45, 2.75) is 71.3 Å². The lowest BCUT2D eigenvalue weighted by molar-refractivity contribution is -0.148. The topological polar surface area (TPSA) is 63.6 Å². The molecule has 0 saturated carbocycles. The number of rotatable bonds is 10. The number of ether oxygens (including phenoxy) is 1. The van der Waals surface area contributed by atoms with Crippen LogP contribution >= 0.6 is 0 Å². The van der Waals surface area contributed by atoms with E-state index in [1.807, 2.05) is 6.92 Å². The minimum absolute atomic E-state index is 0.00136. The Balaban J connectivity index is 3.42. The molecule has 100 valence electrons. The average molecular weight is 244 g/mol. The predicted molar refractivity (Wildman–Crippen MR) is 65.8 cm³/mol. The molecule has 0 aliphatic rings. The van der Waals surface area contributed by atoms with Crippen LogP contribution in [0.1, 0.15) is 65.2 Å². The summed E-state index contributed by atoms with van der Waals surface area (Å²) < 4.78 is 5.22. The van der Waals surface area contributed by atoms with Crippen molar-refractivity contribution in [2.24, 2.45) is 0 Å². The van der Waals surface area contributed by atoms with Crippen molar-refractivity contribution in [1.82, 2.24) is 0 Å². The average Bonchev–Trinajstić information content (AvgIpc) is 2.25. The zero-order chi connectivity index (χ0) is 13.1. The lowest BCUT2D eigenvalue weighted by atomic mass is 10.1. The molecule has 1 unspecified atom stereocenters. The SMILES string of the molecule is CCCCC(C)OC(=O)CCCCCC(=O)O. The van der Waals surface area contributed by atoms with Crippen LogP contribution in [0.2, 0.25) is 0 Å². The van der Waals surface area contributed by atoms with Gasteiger partial charge in [0, 0.05) is 12.8 Å². The normalized spacial score (nSPS) is 12.1. The number of unbranched alkanes of at least 4 members (excludes halogenated alkanes) is 3. The summed E-state index contributed by atoms with van der Waals surface area (Å²) in [4.78, 5) is 21.6. The summed E-state index contributed by atoms with van der Waals surface area (Å²) >= 11 is 0. The highest BCUT2D eigenvalue weighted by Crippen LogP contribution is 2.08. The van der Waals surface area contributed by atoms with Gasteiger partial charge in [0.25, 0.3) is 0 Å². The first-order valence-electron chi connectivity index (χ1n) is 6.47. The van der Waals surface area contributed by atoms with Crippen molar-refractivity contribution < 1.29 is 19.4 Å². The number of carboxylic acid groups (broad SMARTS) is 1. The minimum Gasteiger partial charge on any atom is -0.481 e. The van der Waals surface area contributed by atoms with E-state index >= 15 is 0 Å². The van der Waals surface area contributed by atoms with Crippen molar-refractivity contribution in [2.75, 3.05) is 0 Å². The lowest BCUT2D eigenvalue weighted by Gasteiger charge is -2.12. The third-order valence-electron chi connectivity index (χ3n) is 2.57. The Morgan fingerprint density at radius 2 is 1.76 bits per heavy atom. The van der Waals surface area contributed by atoms with Gasteiger partial charge in [-0.2, -0.15) is 0 Å². The van der Waals surface area contributed by atoms with E-state index in [4.69, 9.17) is 9.84 Å². The van der Waals surface area contributed by atoms with E-state index < -0.39 is 5.97 Å². The molecule has 4 heteroatoms. The molecular weight excluding hydrogens is 220 g/mol. The first-order valence-corrected chi connectivity index (χ1v) is 6.47. The highest BCUT2D eigenvalue weighted by molar-refractivity contribution is 5.69. The highest BCUT2D eigenvalue weighted by Gasteiger charge is 2.08. The van der Waals surface area contributed by atoms with Gasteiger partial charge in [-0.05, 0) is 26.2 Å². The summed E-state index contributed by atoms with van der Waals surface area (Å²) in [5, 5.41) is 8.43. The summed E-state index contributed by atoms with van der Waals surface area (Å²) in [6.45, 7) is 4.02. The molecule has 0 saturated heterocycles. The van der Waals surface area contributed by atoms with E-state index in [9.17, 15) is 9.59 Å². The third-order valence-corrected chi connectivity index (χ3v) is 2.57. The van der Waals surface area contributed by atoms with Crippen LogP contribution in [0.25, 0.3) is 0 Å². The Labute approximate surface area is 103 Å². The molecule has 17 heavy (non-hydrogen) atoms. The molecule has 4 nitrogen and oxygen atoms in total. The molecule has 0 radical (unpaired) electrons. The molecule has 1 atom stereocenters. The quantitative estimate of drug-likeness (QED) is 0.473. The third kappa shape index (κ3) is 11.2. The van der Waals surface area contributed by atoms with Gasteiger partial charge >= 0.3 is 11.9 Å². The fraction of sp³-hybridized carbons (Fsp3) is 0.846. The molecule has 0 aromatic heterocycles. The first-order chi connectivity index (χ1) is 8.06. The van der Waals surface area contributed by atoms with Crippen molar-refractivity contribution in [3.63, 3.8) is 0 Å². The Morgan fingerprint density at radius 1 is 1.12 bits per heavy atom. The molecule has 0 heterocycles. The van der Waals surface area contributed by atoms with Crippen LogP contribution in [0, 0.1) is 0 Å². The Bertz CT molecular complexity index is 225. The maximum atomic E-state index is 11.4. The van der Waals surface area contributed by atoms with E-state index in [1.165, 1.54) is 0 Å². The number of hydrogen-bond acceptors (Lipinski definition) is 3. The molecular formula is C13H24O4. The minimum atomic E-state index is -0.777. The van der Waals surface area contributed by atoms with Crippen molar-refractivity contribution in [1.29, 1.82) is 0 Å². The molecule has 0 spiro atoms. The molecule has 0 bridgehead atoms. The smallest absolute Gasteiger partial charge is 0.306 e. The molecule has 0 aliphatic carbocycles. The van der Waals surface area contributed by atoms with Crippen LogP contribution in [0.5, 0.6) is 0 Å². The van der Waals surface area contributed by atoms with Gasteiger partial charge in [-0.3, -0.25) is 9.59 Å². The monoisotopic (exact) mass is 244 g/mol. The second-order valence-corrected chi connectivity index (χ2v) is 4.40. The molecule has 0 fully saturated rings. The summed E-state index contributed by atoms with van der Waals surface area (Å²) in [6, 6.07) is 0. The van der Waals surface area contributed by atoms with Crippen LogP contribution in [0.15, 0.2) is 0 Å². The largest absolute Gasteiger partial charge is 0.481 e. The van der Waals surface area contributed by atoms with Gasteiger partial charge < -0.3 is 9.84 Å². The van der Waals surface area contributed by atoms with Gasteiger partial charge in [-0.25, -0.2) is 0 Å². The van der Waals surface area contributed by atoms with E-state index in [0.29, 0.717) is 19.3 Å². The van der Waals surface area contributed by atoms with Crippen LogP contribution in [0.3, 0.4) is 0 Å². The standard InChI is InChI=1S/C13H24O4/c1-3-4-8-11(2)17-13(16)10-7-5-6-9-12(14)15/h11H,3-10H2,1-2H3,(H,14,15). The maximum Gasteiger partial charge on any atom is 0.306 e. The number of carbonyl (C=O) groups excluding carboxylic acids is 1. The number of carbonyl (C=O) groups is 2. The van der Waals surface area contributed by atoms with Crippen molar-refractivity contribution >= 4 is 11.9 Å². The van der Waals surface area contributed by atoms with E-state index in [0.717, 1.165) is 25.7 Å². The zero-order valence-corrected chi connectivity index (χ0v) is 10.9. The summed E-state index contributed by atoms with van der Waals surface area (Å²) in [5.41, 5.74) is 0. The van der Waals surface area contributed by atoms with Gasteiger partial charge in [0.1, 0.15) is 0 Å². The first kappa shape index (κ1) is 15.9. The zero-order valence-electron chi connectivity index (χ0n) is 10.9. The Kier molecular flexibility index (Phi) is 9.49. The molecule has 0 aromatic rings. The van der Waals surface area contributed by atoms with Crippen LogP contribution in [0.4, 0.5) is 0 Å². The van der Waals surface area contributed by atoms with E-state index in [1.54, 1.807) is 0 Å². The summed E-state index contributed by atoms with van der Waals surface area (Å²) in [6.07, 6.45) is 5.80. The van der Waals surface area contributed by atoms with Crippen molar-refractivity contribution in [3.05, 3.63) is 0 Å². The number of hydrogen-bond donors (Lipinski definition) is 1. The Morgan fingerprint density at radius 3 is 2.35 bits per heavy atom. The Hall–Kier alpha value is -1.06. The second-order valence-electron chi connectivity index (χ2n) is 4.40. The molecule has 1 N–H and O–H groups in total. The second kappa shape index (κ2) is 10.1. The summed E-state index contributed by atoms with van der Waals surface area (Å²) in [7, 11) is 0. The van der Waals surface area contributed by atoms with Gasteiger partial charge in [0.2, 0.25) is 0 Å². The van der Waals surface area contributed by atoms with Gasteiger partial charge in [-0.1, -0.05) is 26.2 Å². The lowest BCUT2D eigenvalue weighted by Crippen LogP contribution is -2.14. The molecule has 0 rings (SSSR count). The van der Waals surface area contributed by atoms with Crippen LogP contribution in [-0.2, 0) is 14.3 Å². The van der Waals surface area contributed by atoms with E-state index in [2.05, 4.69) is 6.92 Å². The van der Waals surface area contributed by atoms with Gasteiger partial charge in [0.05, 0.1) is 6.10 Å². The van der Waals surface area contributed by atoms with Gasteiger partial charge in [-0.15, -0.1) is 0 Å².